The number of amides is 3. The van der Waals surface area contributed by atoms with E-state index in [1.165, 1.54) is 11.3 Å². The molecule has 0 saturated heterocycles. The zero-order valence-corrected chi connectivity index (χ0v) is 21.6. The number of nitrogens with two attached hydrogens (primary N) is 1. The molecule has 3 aliphatic rings. The molecule has 4 N–H and O–H groups in total. The molecule has 11 heteroatoms. The van der Waals surface area contributed by atoms with Crippen molar-refractivity contribution in [2.45, 2.75) is 69.9 Å². The van der Waals surface area contributed by atoms with Crippen LogP contribution in [0.3, 0.4) is 0 Å². The summed E-state index contributed by atoms with van der Waals surface area (Å²) in [6.45, 7) is 0.644. The van der Waals surface area contributed by atoms with Gasteiger partial charge in [-0.1, -0.05) is 32.1 Å². The maximum absolute atomic E-state index is 13.8. The van der Waals surface area contributed by atoms with Crippen LogP contribution in [0.1, 0.15) is 77.9 Å². The van der Waals surface area contributed by atoms with E-state index < -0.39 is 5.91 Å². The van der Waals surface area contributed by atoms with E-state index in [2.05, 4.69) is 15.0 Å². The van der Waals surface area contributed by atoms with Crippen molar-refractivity contribution in [2.75, 3.05) is 30.4 Å². The van der Waals surface area contributed by atoms with Crippen LogP contribution in [0.5, 0.6) is 11.5 Å². The standard InChI is InChI=1S/C26H33N5O5S/c27-22-23(25(33)29-17-6-2-1-3-7-17)30-37-24(22)26(34)31(15-21(32)28-16-8-4-5-9-16)18-10-11-19-20(14-18)36-13-12-35-19/h10-11,14,16-17H,1-9,12-13,15,27H2,(H,28,32)(H,29,33). The molecule has 5 rings (SSSR count). The zero-order valence-electron chi connectivity index (χ0n) is 20.8. The smallest absolute Gasteiger partial charge is 0.273 e. The number of benzene rings is 1. The first-order chi connectivity index (χ1) is 18.0. The van der Waals surface area contributed by atoms with E-state index in [1.54, 1.807) is 18.2 Å². The Labute approximate surface area is 220 Å². The fourth-order valence-electron chi connectivity index (χ4n) is 5.21. The van der Waals surface area contributed by atoms with Gasteiger partial charge in [0.2, 0.25) is 5.91 Å². The van der Waals surface area contributed by atoms with Gasteiger partial charge in [-0.05, 0) is 49.3 Å². The van der Waals surface area contributed by atoms with Crippen LogP contribution in [-0.2, 0) is 4.79 Å². The van der Waals surface area contributed by atoms with E-state index in [-0.39, 0.29) is 46.7 Å². The Morgan fingerprint density at radius 1 is 0.946 bits per heavy atom. The molecule has 3 amide bonds. The summed E-state index contributed by atoms with van der Waals surface area (Å²) in [6, 6.07) is 5.33. The first-order valence-electron chi connectivity index (χ1n) is 13.1. The van der Waals surface area contributed by atoms with Gasteiger partial charge in [0, 0.05) is 23.8 Å². The van der Waals surface area contributed by atoms with Crippen molar-refractivity contribution in [1.82, 2.24) is 15.0 Å². The first-order valence-corrected chi connectivity index (χ1v) is 13.8. The minimum Gasteiger partial charge on any atom is -0.486 e. The molecular formula is C26H33N5O5S. The molecule has 2 fully saturated rings. The molecule has 2 heterocycles. The largest absolute Gasteiger partial charge is 0.486 e. The van der Waals surface area contributed by atoms with Crippen LogP contribution < -0.4 is 30.7 Å². The zero-order chi connectivity index (χ0) is 25.8. The number of hydrogen-bond acceptors (Lipinski definition) is 8. The number of ether oxygens (including phenoxy) is 2. The van der Waals surface area contributed by atoms with Gasteiger partial charge < -0.3 is 25.8 Å². The SMILES string of the molecule is Nc1c(C(=O)NC2CCCCC2)nsc1C(=O)N(CC(=O)NC1CCCC1)c1ccc2c(c1)OCCO2. The topological polar surface area (TPSA) is 136 Å². The van der Waals surface area contributed by atoms with Gasteiger partial charge in [0.15, 0.2) is 17.2 Å². The number of nitrogens with one attached hydrogen (secondary N) is 2. The molecule has 2 saturated carbocycles. The van der Waals surface area contributed by atoms with Gasteiger partial charge in [-0.15, -0.1) is 0 Å². The Morgan fingerprint density at radius 2 is 1.59 bits per heavy atom. The lowest BCUT2D eigenvalue weighted by atomic mass is 9.95. The highest BCUT2D eigenvalue weighted by molar-refractivity contribution is 7.09. The predicted molar refractivity (Wildman–Crippen MR) is 140 cm³/mol. The summed E-state index contributed by atoms with van der Waals surface area (Å²) in [5.74, 6) is -0.0395. The number of fused-ring (bicyclic) bond motifs is 1. The van der Waals surface area contributed by atoms with Crippen LogP contribution in [0.4, 0.5) is 11.4 Å². The van der Waals surface area contributed by atoms with Crippen LogP contribution in [0.15, 0.2) is 18.2 Å². The summed E-state index contributed by atoms with van der Waals surface area (Å²) < 4.78 is 15.5. The van der Waals surface area contributed by atoms with Crippen molar-refractivity contribution in [1.29, 1.82) is 0 Å². The third kappa shape index (κ3) is 5.82. The van der Waals surface area contributed by atoms with E-state index in [4.69, 9.17) is 15.2 Å². The monoisotopic (exact) mass is 527 g/mol. The highest BCUT2D eigenvalue weighted by Crippen LogP contribution is 2.35. The lowest BCUT2D eigenvalue weighted by Crippen LogP contribution is -2.43. The number of anilines is 2. The van der Waals surface area contributed by atoms with Gasteiger partial charge in [-0.25, -0.2) is 0 Å². The summed E-state index contributed by atoms with van der Waals surface area (Å²) in [6.07, 6.45) is 9.22. The van der Waals surface area contributed by atoms with Gasteiger partial charge in [-0.3, -0.25) is 19.3 Å². The molecular weight excluding hydrogens is 494 g/mol. The number of rotatable bonds is 7. The average molecular weight is 528 g/mol. The third-order valence-electron chi connectivity index (χ3n) is 7.18. The summed E-state index contributed by atoms with van der Waals surface area (Å²) in [5.41, 5.74) is 6.85. The summed E-state index contributed by atoms with van der Waals surface area (Å²) in [4.78, 5) is 41.1. The van der Waals surface area contributed by atoms with Crippen molar-refractivity contribution in [3.63, 3.8) is 0 Å². The van der Waals surface area contributed by atoms with E-state index in [0.29, 0.717) is 30.4 Å². The summed E-state index contributed by atoms with van der Waals surface area (Å²) in [5, 5.41) is 6.04. The molecule has 2 aromatic rings. The van der Waals surface area contributed by atoms with Crippen LogP contribution in [0.2, 0.25) is 0 Å². The Balaban J connectivity index is 1.38. The Hall–Kier alpha value is -3.34. The lowest BCUT2D eigenvalue weighted by molar-refractivity contribution is -0.120. The molecule has 0 unspecified atom stereocenters. The van der Waals surface area contributed by atoms with Crippen LogP contribution in [-0.4, -0.2) is 53.9 Å². The summed E-state index contributed by atoms with van der Waals surface area (Å²) >= 11 is 0.872. The number of hydrogen-bond donors (Lipinski definition) is 3. The number of carbonyl (C=O) groups is 3. The second-order valence-corrected chi connectivity index (χ2v) is 10.6. The number of nitrogen functional groups attached to an aromatic ring is 1. The Kier molecular flexibility index (Phi) is 7.78. The maximum Gasteiger partial charge on any atom is 0.273 e. The van der Waals surface area contributed by atoms with E-state index in [9.17, 15) is 14.4 Å². The quantitative estimate of drug-likeness (QED) is 0.503. The first kappa shape index (κ1) is 25.3. The maximum atomic E-state index is 13.8. The number of aromatic nitrogens is 1. The molecule has 0 bridgehead atoms. The molecule has 0 spiro atoms. The molecule has 1 aliphatic heterocycles. The normalized spacial score (nSPS) is 17.8. The van der Waals surface area contributed by atoms with Crippen molar-refractivity contribution in [3.8, 4) is 11.5 Å². The fourth-order valence-corrected chi connectivity index (χ4v) is 5.95. The fraction of sp³-hybridized carbons (Fsp3) is 0.538. The van der Waals surface area contributed by atoms with Crippen molar-refractivity contribution < 1.29 is 23.9 Å². The molecule has 10 nitrogen and oxygen atoms in total. The highest BCUT2D eigenvalue weighted by Gasteiger charge is 2.30. The Morgan fingerprint density at radius 3 is 2.32 bits per heavy atom. The van der Waals surface area contributed by atoms with Gasteiger partial charge in [-0.2, -0.15) is 4.37 Å². The van der Waals surface area contributed by atoms with Gasteiger partial charge in [0.1, 0.15) is 24.6 Å². The molecule has 0 radical (unpaired) electrons. The van der Waals surface area contributed by atoms with E-state index in [0.717, 1.165) is 62.9 Å². The van der Waals surface area contributed by atoms with E-state index in [1.807, 2.05) is 0 Å². The molecule has 37 heavy (non-hydrogen) atoms. The second-order valence-electron chi connectivity index (χ2n) is 9.85. The lowest BCUT2D eigenvalue weighted by Gasteiger charge is -2.25. The molecule has 1 aromatic carbocycles. The van der Waals surface area contributed by atoms with Crippen LogP contribution >= 0.6 is 11.5 Å². The molecule has 198 valence electrons. The minimum absolute atomic E-state index is 0.0297. The van der Waals surface area contributed by atoms with Crippen molar-refractivity contribution in [2.24, 2.45) is 0 Å². The molecule has 0 atom stereocenters. The number of nitrogens with zero attached hydrogens (tertiary/aromatic N) is 2. The van der Waals surface area contributed by atoms with Gasteiger partial charge in [0.05, 0.1) is 5.69 Å². The Bertz CT molecular complexity index is 1160. The minimum atomic E-state index is -0.495. The molecule has 1 aromatic heterocycles. The highest BCUT2D eigenvalue weighted by atomic mass is 32.1. The van der Waals surface area contributed by atoms with Crippen molar-refractivity contribution in [3.05, 3.63) is 28.8 Å². The predicted octanol–water partition coefficient (Wildman–Crippen LogP) is 3.26. The van der Waals surface area contributed by atoms with Crippen LogP contribution in [0.25, 0.3) is 0 Å². The van der Waals surface area contributed by atoms with E-state index >= 15 is 0 Å². The van der Waals surface area contributed by atoms with Crippen molar-refractivity contribution >= 4 is 40.6 Å². The summed E-state index contributed by atoms with van der Waals surface area (Å²) in [7, 11) is 0. The molecule has 2 aliphatic carbocycles. The van der Waals surface area contributed by atoms with Crippen LogP contribution in [0, 0.1) is 0 Å². The average Bonchev–Trinajstić information content (AvgIpc) is 3.56. The number of carbonyl (C=O) groups excluding carboxylic acids is 3. The third-order valence-corrected chi connectivity index (χ3v) is 8.03. The second kappa shape index (κ2) is 11.4. The van der Waals surface area contributed by atoms with Gasteiger partial charge in [0.25, 0.3) is 11.8 Å². The van der Waals surface area contributed by atoms with Gasteiger partial charge >= 0.3 is 0 Å².